The number of nitrogens with zero attached hydrogens (tertiary/aromatic N) is 3. The molecule has 1 aliphatic rings. The van der Waals surface area contributed by atoms with Gasteiger partial charge in [0.1, 0.15) is 22.6 Å². The first kappa shape index (κ1) is 22.5. The van der Waals surface area contributed by atoms with Gasteiger partial charge in [0.15, 0.2) is 5.82 Å². The minimum atomic E-state index is 0.000402. The zero-order chi connectivity index (χ0) is 22.7. The van der Waals surface area contributed by atoms with Crippen molar-refractivity contribution in [2.45, 2.75) is 45.8 Å². The molecule has 1 unspecified atom stereocenters. The van der Waals surface area contributed by atoms with E-state index in [2.05, 4.69) is 27.3 Å². The highest BCUT2D eigenvalue weighted by atomic mass is 32.2. The molecule has 1 atom stereocenters. The second kappa shape index (κ2) is 9.82. The molecule has 8 heteroatoms. The molecule has 3 aromatic rings. The van der Waals surface area contributed by atoms with Crippen LogP contribution in [0.15, 0.2) is 36.4 Å². The largest absolute Gasteiger partial charge is 0.490 e. The van der Waals surface area contributed by atoms with E-state index in [0.717, 1.165) is 29.0 Å². The first-order valence-corrected chi connectivity index (χ1v) is 12.3. The van der Waals surface area contributed by atoms with Gasteiger partial charge in [-0.05, 0) is 74.5 Å². The Morgan fingerprint density at radius 1 is 1.38 bits per heavy atom. The summed E-state index contributed by atoms with van der Waals surface area (Å²) in [4.78, 5) is 16.0. The van der Waals surface area contributed by atoms with Crippen LogP contribution < -0.4 is 9.46 Å². The summed E-state index contributed by atoms with van der Waals surface area (Å²) in [6, 6.07) is 14.2. The smallest absolute Gasteiger partial charge is 0.173 e. The standard InChI is InChI=1S/C24H24N4O2S2/c1-14(2)30-22-10-7-16(11-17(22)12-25)24-26-23(28-32-24)20-6-4-5-19-18(20)8-9-21(19)27-31-13-15(3)29/h4-7,10-11,14,21,27H,8-9,13H2,1-3H3. The van der Waals surface area contributed by atoms with E-state index in [-0.39, 0.29) is 17.9 Å². The van der Waals surface area contributed by atoms with Gasteiger partial charge in [0, 0.05) is 17.2 Å². The van der Waals surface area contributed by atoms with Crippen molar-refractivity contribution in [3.05, 3.63) is 53.1 Å². The minimum absolute atomic E-state index is 0.000402. The normalized spacial score (nSPS) is 14.9. The fraction of sp³-hybridized carbons (Fsp3) is 0.333. The molecule has 0 spiro atoms. The van der Waals surface area contributed by atoms with Gasteiger partial charge in [0.2, 0.25) is 0 Å². The number of Topliss-reactive ketones (excluding diaryl/α,β-unsaturated/α-hetero) is 1. The fourth-order valence-electron chi connectivity index (χ4n) is 3.79. The number of benzene rings is 2. The van der Waals surface area contributed by atoms with Crippen LogP contribution in [0, 0.1) is 11.3 Å². The summed E-state index contributed by atoms with van der Waals surface area (Å²) in [5.41, 5.74) is 4.90. The van der Waals surface area contributed by atoms with Crippen molar-refractivity contribution in [1.29, 1.82) is 5.26 Å². The number of ether oxygens (including phenoxy) is 1. The monoisotopic (exact) mass is 464 g/mol. The molecule has 0 radical (unpaired) electrons. The van der Waals surface area contributed by atoms with Gasteiger partial charge < -0.3 is 4.74 Å². The molecule has 0 saturated carbocycles. The molecule has 0 bridgehead atoms. The molecule has 1 aromatic heterocycles. The summed E-state index contributed by atoms with van der Waals surface area (Å²) in [5.74, 6) is 1.92. The molecular formula is C24H24N4O2S2. The predicted octanol–water partition coefficient (Wildman–Crippen LogP) is 5.35. The molecule has 0 saturated heterocycles. The Kier molecular flexibility index (Phi) is 6.89. The molecule has 2 aromatic carbocycles. The Hall–Kier alpha value is -2.73. The number of nitriles is 1. The highest BCUT2D eigenvalue weighted by molar-refractivity contribution is 7.98. The Balaban J connectivity index is 1.58. The molecule has 164 valence electrons. The van der Waals surface area contributed by atoms with Crippen LogP contribution in [0.25, 0.3) is 22.0 Å². The third-order valence-corrected chi connectivity index (χ3v) is 6.91. The van der Waals surface area contributed by atoms with E-state index in [9.17, 15) is 10.1 Å². The lowest BCUT2D eigenvalue weighted by molar-refractivity contribution is -0.114. The molecule has 1 N–H and O–H groups in total. The van der Waals surface area contributed by atoms with Gasteiger partial charge in [0.05, 0.1) is 17.4 Å². The lowest BCUT2D eigenvalue weighted by atomic mass is 10.0. The summed E-state index contributed by atoms with van der Waals surface area (Å²) in [7, 11) is 0. The van der Waals surface area contributed by atoms with Gasteiger partial charge in [-0.25, -0.2) is 4.98 Å². The molecule has 32 heavy (non-hydrogen) atoms. The number of carbonyl (C=O) groups is 1. The second-order valence-corrected chi connectivity index (χ2v) is 9.55. The van der Waals surface area contributed by atoms with E-state index in [1.807, 2.05) is 38.1 Å². The summed E-state index contributed by atoms with van der Waals surface area (Å²) >= 11 is 2.80. The number of carbonyl (C=O) groups excluding carboxylic acids is 1. The Morgan fingerprint density at radius 3 is 2.97 bits per heavy atom. The first-order chi connectivity index (χ1) is 15.5. The number of aromatic nitrogens is 2. The molecule has 1 heterocycles. The van der Waals surface area contributed by atoms with Crippen LogP contribution in [0.4, 0.5) is 0 Å². The van der Waals surface area contributed by atoms with Gasteiger partial charge in [-0.15, -0.1) is 0 Å². The molecule has 4 rings (SSSR count). The number of hydrogen-bond donors (Lipinski definition) is 1. The Morgan fingerprint density at radius 2 is 2.22 bits per heavy atom. The van der Waals surface area contributed by atoms with Gasteiger partial charge >= 0.3 is 0 Å². The van der Waals surface area contributed by atoms with Gasteiger partial charge in [-0.1, -0.05) is 30.1 Å². The van der Waals surface area contributed by atoms with E-state index < -0.39 is 0 Å². The van der Waals surface area contributed by atoms with Crippen LogP contribution >= 0.6 is 23.5 Å². The van der Waals surface area contributed by atoms with Crippen molar-refractivity contribution in [1.82, 2.24) is 14.1 Å². The molecule has 6 nitrogen and oxygen atoms in total. The Labute approximate surface area is 196 Å². The molecule has 0 fully saturated rings. The number of fused-ring (bicyclic) bond motifs is 1. The number of rotatable bonds is 8. The van der Waals surface area contributed by atoms with Crippen LogP contribution in [0.1, 0.15) is 49.9 Å². The predicted molar refractivity (Wildman–Crippen MR) is 129 cm³/mol. The van der Waals surface area contributed by atoms with Crippen molar-refractivity contribution in [2.75, 3.05) is 5.75 Å². The second-order valence-electron chi connectivity index (χ2n) is 7.99. The average Bonchev–Trinajstić information content (AvgIpc) is 3.41. The lowest BCUT2D eigenvalue weighted by Gasteiger charge is -2.13. The van der Waals surface area contributed by atoms with E-state index >= 15 is 0 Å². The summed E-state index contributed by atoms with van der Waals surface area (Å²) in [6.07, 6.45) is 1.93. The van der Waals surface area contributed by atoms with E-state index in [0.29, 0.717) is 22.9 Å². The molecular weight excluding hydrogens is 440 g/mol. The maximum Gasteiger partial charge on any atom is 0.173 e. The van der Waals surface area contributed by atoms with Crippen molar-refractivity contribution >= 4 is 29.3 Å². The minimum Gasteiger partial charge on any atom is -0.490 e. The quantitative estimate of drug-likeness (QED) is 0.450. The lowest BCUT2D eigenvalue weighted by Crippen LogP contribution is -2.13. The van der Waals surface area contributed by atoms with E-state index in [1.165, 1.54) is 34.6 Å². The number of hydrogen-bond acceptors (Lipinski definition) is 8. The molecule has 0 aliphatic heterocycles. The van der Waals surface area contributed by atoms with Gasteiger partial charge in [-0.3, -0.25) is 9.52 Å². The van der Waals surface area contributed by atoms with Crippen LogP contribution in [0.2, 0.25) is 0 Å². The van der Waals surface area contributed by atoms with Crippen LogP contribution in [-0.2, 0) is 11.2 Å². The zero-order valence-electron chi connectivity index (χ0n) is 18.2. The zero-order valence-corrected chi connectivity index (χ0v) is 19.8. The van der Waals surface area contributed by atoms with Crippen molar-refractivity contribution in [3.8, 4) is 33.8 Å². The molecule has 0 amide bonds. The van der Waals surface area contributed by atoms with Crippen molar-refractivity contribution in [2.24, 2.45) is 0 Å². The van der Waals surface area contributed by atoms with E-state index in [1.54, 1.807) is 6.92 Å². The Bertz CT molecular complexity index is 1180. The SMILES string of the molecule is CC(=O)CSNC1CCc2c(-c3nsc(-c4ccc(OC(C)C)c(C#N)c4)n3)cccc21. The maximum atomic E-state index is 11.2. The summed E-state index contributed by atoms with van der Waals surface area (Å²) in [6.45, 7) is 5.48. The highest BCUT2D eigenvalue weighted by Gasteiger charge is 2.26. The highest BCUT2D eigenvalue weighted by Crippen LogP contribution is 2.39. The van der Waals surface area contributed by atoms with E-state index in [4.69, 9.17) is 9.72 Å². The first-order valence-electron chi connectivity index (χ1n) is 10.5. The number of nitrogens with one attached hydrogen (secondary N) is 1. The average molecular weight is 465 g/mol. The van der Waals surface area contributed by atoms with Gasteiger partial charge in [-0.2, -0.15) is 9.64 Å². The van der Waals surface area contributed by atoms with Crippen molar-refractivity contribution in [3.63, 3.8) is 0 Å². The van der Waals surface area contributed by atoms with Crippen LogP contribution in [-0.4, -0.2) is 27.0 Å². The number of ketones is 1. The summed E-state index contributed by atoms with van der Waals surface area (Å²) < 4.78 is 13.8. The fourth-order valence-corrected chi connectivity index (χ4v) is 5.19. The topological polar surface area (TPSA) is 87.9 Å². The summed E-state index contributed by atoms with van der Waals surface area (Å²) in [5, 5.41) is 10.3. The third kappa shape index (κ3) is 4.85. The third-order valence-electron chi connectivity index (χ3n) is 5.15. The van der Waals surface area contributed by atoms with Crippen molar-refractivity contribution < 1.29 is 9.53 Å². The van der Waals surface area contributed by atoms with Crippen LogP contribution in [0.5, 0.6) is 5.75 Å². The molecule has 1 aliphatic carbocycles. The van der Waals surface area contributed by atoms with Gasteiger partial charge in [0.25, 0.3) is 0 Å². The maximum absolute atomic E-state index is 11.2. The van der Waals surface area contributed by atoms with Crippen LogP contribution in [0.3, 0.4) is 0 Å².